The molecule has 1 aliphatic rings. The summed E-state index contributed by atoms with van der Waals surface area (Å²) in [6.07, 6.45) is 3.01. The number of aliphatic hydroxyl groups is 1. The lowest BCUT2D eigenvalue weighted by molar-refractivity contribution is -0.157. The minimum absolute atomic E-state index is 0.0205. The highest BCUT2D eigenvalue weighted by atomic mass is 16.3. The first-order valence-electron chi connectivity index (χ1n) is 30.2. The summed E-state index contributed by atoms with van der Waals surface area (Å²) in [4.78, 5) is 166. The molecule has 11 amide bonds. The molecule has 1 aliphatic heterocycles. The number of allylic oxidation sites excluding steroid dienone is 2. The molecule has 0 aromatic rings. The van der Waals surface area contributed by atoms with Crippen LogP contribution in [-0.4, -0.2) is 215 Å². The number of nitrogens with one attached hydrogen (secondary N) is 5. The summed E-state index contributed by atoms with van der Waals surface area (Å²) in [5.74, 6) is -9.86. The number of hydrogen-bond donors (Lipinski definition) is 6. The van der Waals surface area contributed by atoms with E-state index in [4.69, 9.17) is 0 Å². The second-order valence-corrected chi connectivity index (χ2v) is 25.7. The van der Waals surface area contributed by atoms with Crippen molar-refractivity contribution < 1.29 is 57.8 Å². The highest BCUT2D eigenvalue weighted by Crippen LogP contribution is 2.25. The van der Waals surface area contributed by atoms with Gasteiger partial charge in [-0.25, -0.2) is 0 Å². The zero-order valence-corrected chi connectivity index (χ0v) is 55.1. The molecule has 0 bridgehead atoms. The number of hydrogen-bond acceptors (Lipinski definition) is 12. The third kappa shape index (κ3) is 21.7. The maximum atomic E-state index is 15.1. The van der Waals surface area contributed by atoms with Gasteiger partial charge in [-0.15, -0.1) is 0 Å². The van der Waals surface area contributed by atoms with Crippen LogP contribution in [0.25, 0.3) is 0 Å². The Morgan fingerprint density at radius 2 is 0.917 bits per heavy atom. The first kappa shape index (κ1) is 75.9. The van der Waals surface area contributed by atoms with Gasteiger partial charge in [-0.1, -0.05) is 109 Å². The molecular weight excluding hydrogens is 1080 g/mol. The summed E-state index contributed by atoms with van der Waals surface area (Å²) < 4.78 is 0. The van der Waals surface area contributed by atoms with E-state index in [0.717, 1.165) is 9.80 Å². The van der Waals surface area contributed by atoms with Crippen molar-refractivity contribution in [1.29, 1.82) is 0 Å². The molecule has 1 saturated heterocycles. The van der Waals surface area contributed by atoms with Gasteiger partial charge in [0.05, 0.1) is 12.6 Å². The summed E-state index contributed by atoms with van der Waals surface area (Å²) in [6, 6.07) is -12.4. The van der Waals surface area contributed by atoms with Gasteiger partial charge in [0.1, 0.15) is 60.4 Å². The van der Waals surface area contributed by atoms with E-state index in [9.17, 15) is 48.3 Å². The molecule has 480 valence electrons. The van der Waals surface area contributed by atoms with Crippen LogP contribution in [0.2, 0.25) is 0 Å². The summed E-state index contributed by atoms with van der Waals surface area (Å²) in [5, 5.41) is 25.7. The van der Waals surface area contributed by atoms with Crippen LogP contribution in [0, 0.1) is 41.4 Å². The number of likely N-dealkylation sites (N-methyl/N-ethyl adjacent to an activating group) is 6. The van der Waals surface area contributed by atoms with Crippen LogP contribution in [0.3, 0.4) is 0 Å². The number of nitrogens with zero attached hydrogens (tertiary/aromatic N) is 6. The quantitative estimate of drug-likeness (QED) is 0.129. The lowest BCUT2D eigenvalue weighted by Crippen LogP contribution is -2.63. The average molecular weight is 1190 g/mol. The molecule has 12 atom stereocenters. The Balaban J connectivity index is 4.27. The highest BCUT2D eigenvalue weighted by molar-refractivity contribution is 5.99. The van der Waals surface area contributed by atoms with Crippen LogP contribution in [0.1, 0.15) is 156 Å². The molecule has 6 N–H and O–H groups in total. The topological polar surface area (TPSA) is 288 Å². The van der Waals surface area contributed by atoms with Crippen LogP contribution in [-0.2, 0) is 52.7 Å². The molecule has 3 unspecified atom stereocenters. The van der Waals surface area contributed by atoms with E-state index in [0.29, 0.717) is 6.42 Å². The van der Waals surface area contributed by atoms with Gasteiger partial charge in [-0.3, -0.25) is 52.7 Å². The number of carbonyl (C=O) groups is 11. The molecule has 1 heterocycles. The fourth-order valence-electron chi connectivity index (χ4n) is 10.5. The summed E-state index contributed by atoms with van der Waals surface area (Å²) in [7, 11) is 8.46. The Labute approximate surface area is 502 Å². The van der Waals surface area contributed by atoms with Gasteiger partial charge >= 0.3 is 0 Å². The number of aliphatic hydroxyl groups excluding tert-OH is 1. The van der Waals surface area contributed by atoms with Gasteiger partial charge in [0, 0.05) is 42.3 Å². The monoisotopic (exact) mass is 1190 g/mol. The van der Waals surface area contributed by atoms with E-state index in [2.05, 4.69) is 26.6 Å². The van der Waals surface area contributed by atoms with Crippen molar-refractivity contribution in [3.05, 3.63) is 12.2 Å². The van der Waals surface area contributed by atoms with Crippen molar-refractivity contribution in [2.75, 3.05) is 48.8 Å². The van der Waals surface area contributed by atoms with E-state index in [1.54, 1.807) is 60.6 Å². The van der Waals surface area contributed by atoms with Crippen LogP contribution >= 0.6 is 0 Å². The Morgan fingerprint density at radius 3 is 1.38 bits per heavy atom. The standard InChI is InChI=1S/C61H109N11O12/c1-24-26-27-39(15)51(74)50-55(78)65-42(25-2)57(80)67(18)32-47(73)64-43(28-33(3)4)53(76)66-48(37(11)12)60(83)68(19)44(29-34(5)6)54(77)62-40(16)52(75)63-41(17)56(79)69(20)45(30-35(7)8)58(81)70(21)46(31-36(9)10)59(82)71(22)49(38(13)14)61(84)72(50)23/h24,26,33-46,48-51,74H,25,27-32H2,1-23H3,(H,62,77)(H,63,75)(H,64,73)(H,65,78)(H,66,76)/b26-24-/t39?,40?,41?,42-,43-,44-,45-,46-,48-,49-,50-,51+/m0/s1. The summed E-state index contributed by atoms with van der Waals surface area (Å²) in [6.45, 7) is 29.2. The number of carbonyl (C=O) groups excluding carboxylic acids is 11. The Hall–Kier alpha value is -6.13. The third-order valence-corrected chi connectivity index (χ3v) is 15.6. The maximum absolute atomic E-state index is 15.1. The lowest BCUT2D eigenvalue weighted by atomic mass is 9.91. The fourth-order valence-corrected chi connectivity index (χ4v) is 10.5. The largest absolute Gasteiger partial charge is 0.390 e. The molecule has 23 nitrogen and oxygen atoms in total. The maximum Gasteiger partial charge on any atom is 0.246 e. The number of rotatable bonds is 15. The van der Waals surface area contributed by atoms with E-state index < -0.39 is 156 Å². The zero-order valence-electron chi connectivity index (χ0n) is 55.1. The molecule has 0 aromatic carbocycles. The smallest absolute Gasteiger partial charge is 0.246 e. The molecule has 84 heavy (non-hydrogen) atoms. The van der Waals surface area contributed by atoms with Crippen molar-refractivity contribution >= 4 is 65.0 Å². The van der Waals surface area contributed by atoms with Gasteiger partial charge in [0.2, 0.25) is 65.0 Å². The highest BCUT2D eigenvalue weighted by Gasteiger charge is 2.45. The minimum Gasteiger partial charge on any atom is -0.390 e. The predicted octanol–water partition coefficient (Wildman–Crippen LogP) is 2.93. The molecule has 0 aliphatic carbocycles. The van der Waals surface area contributed by atoms with Gasteiger partial charge in [0.25, 0.3) is 0 Å². The summed E-state index contributed by atoms with van der Waals surface area (Å²) >= 11 is 0. The molecule has 1 rings (SSSR count). The van der Waals surface area contributed by atoms with Crippen LogP contribution in [0.15, 0.2) is 12.2 Å². The second-order valence-electron chi connectivity index (χ2n) is 25.7. The van der Waals surface area contributed by atoms with Gasteiger partial charge < -0.3 is 61.1 Å². The zero-order chi connectivity index (χ0) is 65.1. The van der Waals surface area contributed by atoms with Crippen molar-refractivity contribution in [2.45, 2.75) is 223 Å². The number of amides is 11. The molecule has 0 radical (unpaired) electrons. The van der Waals surface area contributed by atoms with E-state index in [1.165, 1.54) is 75.7 Å². The first-order valence-corrected chi connectivity index (χ1v) is 30.2. The molecule has 23 heteroatoms. The molecule has 0 saturated carbocycles. The Morgan fingerprint density at radius 1 is 0.464 bits per heavy atom. The molecule has 0 aromatic heterocycles. The van der Waals surface area contributed by atoms with Crippen molar-refractivity contribution in [1.82, 2.24) is 56.0 Å². The molecular formula is C61H109N11O12. The van der Waals surface area contributed by atoms with E-state index in [-0.39, 0.29) is 55.8 Å². The Bertz CT molecular complexity index is 2290. The van der Waals surface area contributed by atoms with E-state index in [1.807, 2.05) is 55.4 Å². The predicted molar refractivity (Wildman–Crippen MR) is 324 cm³/mol. The minimum atomic E-state index is -1.61. The SMILES string of the molecule is C/C=C\CC(C)[C@@H](O)[C@H]1C(=O)N[C@@H](CC)C(=O)N(C)CC(=O)N[C@@H](CC(C)C)C(=O)N[C@@H](C(C)C)C(=O)N(C)[C@@H](CC(C)C)C(=O)NC(C)C(=O)NC(C)C(=O)N(C)[C@@H](CC(C)C)C(=O)N(C)[C@@H](CC(C)C)C(=O)N(C)[C@@H](C(C)C)C(=O)N1C. The van der Waals surface area contributed by atoms with E-state index >= 15 is 9.59 Å². The van der Waals surface area contributed by atoms with Gasteiger partial charge in [0.15, 0.2) is 0 Å². The van der Waals surface area contributed by atoms with Crippen molar-refractivity contribution in [3.63, 3.8) is 0 Å². The van der Waals surface area contributed by atoms with Crippen molar-refractivity contribution in [2.24, 2.45) is 41.4 Å². The summed E-state index contributed by atoms with van der Waals surface area (Å²) in [5.41, 5.74) is 0. The normalized spacial score (nSPS) is 27.0. The first-order chi connectivity index (χ1) is 38.8. The van der Waals surface area contributed by atoms with Crippen LogP contribution < -0.4 is 26.6 Å². The average Bonchev–Trinajstić information content (AvgIpc) is 3.34. The second kappa shape index (κ2) is 34.7. The fraction of sp³-hybridized carbons (Fsp3) is 0.787. The lowest BCUT2D eigenvalue weighted by Gasteiger charge is -2.41. The van der Waals surface area contributed by atoms with Crippen LogP contribution in [0.5, 0.6) is 0 Å². The van der Waals surface area contributed by atoms with Crippen LogP contribution in [0.4, 0.5) is 0 Å². The van der Waals surface area contributed by atoms with Gasteiger partial charge in [-0.2, -0.15) is 0 Å². The molecule has 1 fully saturated rings. The third-order valence-electron chi connectivity index (χ3n) is 15.6. The van der Waals surface area contributed by atoms with Crippen molar-refractivity contribution in [3.8, 4) is 0 Å². The van der Waals surface area contributed by atoms with Gasteiger partial charge in [-0.05, 0) is 101 Å². The Kier molecular flexibility index (Phi) is 31.4. The molecule has 0 spiro atoms.